The standard InChI is InChI=1S/C17H14N2O2/c18-12-15(8-4-9-16-10-5-11-21-16)17(20)19-13-14-6-2-1-3-7-14/h1-11H,13H2,(H,19,20)/b9-4+,15-8+. The average Bonchev–Trinajstić information content (AvgIpc) is 3.03. The molecule has 0 radical (unpaired) electrons. The van der Waals surface area contributed by atoms with Crippen LogP contribution in [0.25, 0.3) is 6.08 Å². The largest absolute Gasteiger partial charge is 0.465 e. The van der Waals surface area contributed by atoms with Gasteiger partial charge >= 0.3 is 0 Å². The predicted molar refractivity (Wildman–Crippen MR) is 79.7 cm³/mol. The maximum atomic E-state index is 11.9. The summed E-state index contributed by atoms with van der Waals surface area (Å²) >= 11 is 0. The summed E-state index contributed by atoms with van der Waals surface area (Å²) in [6, 6.07) is 15.0. The van der Waals surface area contributed by atoms with Crippen molar-refractivity contribution >= 4 is 12.0 Å². The van der Waals surface area contributed by atoms with Crippen LogP contribution in [0.3, 0.4) is 0 Å². The minimum Gasteiger partial charge on any atom is -0.465 e. The fourth-order valence-electron chi connectivity index (χ4n) is 1.66. The van der Waals surface area contributed by atoms with E-state index in [1.165, 1.54) is 6.08 Å². The van der Waals surface area contributed by atoms with Crippen LogP contribution in [0, 0.1) is 11.3 Å². The van der Waals surface area contributed by atoms with Gasteiger partial charge < -0.3 is 9.73 Å². The molecule has 0 aliphatic rings. The van der Waals surface area contributed by atoms with Crippen molar-refractivity contribution in [1.82, 2.24) is 5.32 Å². The van der Waals surface area contributed by atoms with Crippen LogP contribution in [0.1, 0.15) is 11.3 Å². The van der Waals surface area contributed by atoms with Crippen LogP contribution < -0.4 is 5.32 Å². The summed E-state index contributed by atoms with van der Waals surface area (Å²) in [6.45, 7) is 0.389. The Morgan fingerprint density at radius 1 is 1.24 bits per heavy atom. The second-order valence-electron chi connectivity index (χ2n) is 4.23. The van der Waals surface area contributed by atoms with Crippen molar-refractivity contribution in [2.75, 3.05) is 0 Å². The van der Waals surface area contributed by atoms with Crippen LogP contribution in [-0.2, 0) is 11.3 Å². The minimum atomic E-state index is -0.398. The van der Waals surface area contributed by atoms with Gasteiger partial charge in [-0.3, -0.25) is 4.79 Å². The molecule has 0 atom stereocenters. The van der Waals surface area contributed by atoms with Crippen LogP contribution in [0.4, 0.5) is 0 Å². The highest BCUT2D eigenvalue weighted by atomic mass is 16.3. The Morgan fingerprint density at radius 3 is 2.71 bits per heavy atom. The van der Waals surface area contributed by atoms with Crippen molar-refractivity contribution in [3.05, 3.63) is 77.8 Å². The van der Waals surface area contributed by atoms with Gasteiger partial charge in [0.1, 0.15) is 17.4 Å². The Balaban J connectivity index is 1.94. The number of amides is 1. The summed E-state index contributed by atoms with van der Waals surface area (Å²) in [6.07, 6.45) is 6.31. The summed E-state index contributed by atoms with van der Waals surface area (Å²) < 4.78 is 5.12. The lowest BCUT2D eigenvalue weighted by Gasteiger charge is -2.03. The van der Waals surface area contributed by atoms with Gasteiger partial charge in [0.05, 0.1) is 6.26 Å². The summed E-state index contributed by atoms with van der Waals surface area (Å²) in [4.78, 5) is 11.9. The lowest BCUT2D eigenvalue weighted by molar-refractivity contribution is -0.117. The van der Waals surface area contributed by atoms with Crippen LogP contribution >= 0.6 is 0 Å². The van der Waals surface area contributed by atoms with Crippen molar-refractivity contribution in [3.8, 4) is 6.07 Å². The number of carbonyl (C=O) groups excluding carboxylic acids is 1. The molecule has 0 unspecified atom stereocenters. The fraction of sp³-hybridized carbons (Fsp3) is 0.0588. The van der Waals surface area contributed by atoms with Gasteiger partial charge in [0.15, 0.2) is 0 Å². The molecule has 0 bridgehead atoms. The van der Waals surface area contributed by atoms with Gasteiger partial charge in [0.25, 0.3) is 5.91 Å². The van der Waals surface area contributed by atoms with E-state index in [1.54, 1.807) is 30.5 Å². The second-order valence-corrected chi connectivity index (χ2v) is 4.23. The molecule has 1 aromatic carbocycles. The molecular weight excluding hydrogens is 264 g/mol. The number of carbonyl (C=O) groups is 1. The molecule has 104 valence electrons. The number of benzene rings is 1. The summed E-state index contributed by atoms with van der Waals surface area (Å²) in [7, 11) is 0. The smallest absolute Gasteiger partial charge is 0.262 e. The lowest BCUT2D eigenvalue weighted by Crippen LogP contribution is -2.23. The van der Waals surface area contributed by atoms with E-state index in [9.17, 15) is 4.79 Å². The molecule has 1 heterocycles. The van der Waals surface area contributed by atoms with Crippen LogP contribution in [-0.4, -0.2) is 5.91 Å². The van der Waals surface area contributed by atoms with E-state index in [1.807, 2.05) is 36.4 Å². The number of hydrogen-bond acceptors (Lipinski definition) is 3. The molecule has 4 nitrogen and oxygen atoms in total. The molecule has 0 fully saturated rings. The van der Waals surface area contributed by atoms with Crippen LogP contribution in [0.5, 0.6) is 0 Å². The first kappa shape index (κ1) is 14.4. The Labute approximate surface area is 123 Å². The van der Waals surface area contributed by atoms with Crippen LogP contribution in [0.15, 0.2) is 70.9 Å². The molecule has 1 N–H and O–H groups in total. The monoisotopic (exact) mass is 278 g/mol. The topological polar surface area (TPSA) is 66.0 Å². The number of allylic oxidation sites excluding steroid dienone is 2. The summed E-state index contributed by atoms with van der Waals surface area (Å²) in [5, 5.41) is 11.7. The molecule has 21 heavy (non-hydrogen) atoms. The van der Waals surface area contributed by atoms with E-state index in [0.29, 0.717) is 12.3 Å². The van der Waals surface area contributed by atoms with Gasteiger partial charge in [-0.05, 0) is 29.8 Å². The molecule has 1 aromatic heterocycles. The van der Waals surface area contributed by atoms with Crippen molar-refractivity contribution in [1.29, 1.82) is 5.26 Å². The highest BCUT2D eigenvalue weighted by Crippen LogP contribution is 2.04. The highest BCUT2D eigenvalue weighted by molar-refractivity contribution is 5.97. The van der Waals surface area contributed by atoms with Crippen molar-refractivity contribution in [3.63, 3.8) is 0 Å². The van der Waals surface area contributed by atoms with E-state index < -0.39 is 5.91 Å². The number of furan rings is 1. The maximum absolute atomic E-state index is 11.9. The van der Waals surface area contributed by atoms with Gasteiger partial charge in [-0.15, -0.1) is 0 Å². The van der Waals surface area contributed by atoms with Crippen molar-refractivity contribution < 1.29 is 9.21 Å². The zero-order valence-corrected chi connectivity index (χ0v) is 11.3. The van der Waals surface area contributed by atoms with Crippen LogP contribution in [0.2, 0.25) is 0 Å². The van der Waals surface area contributed by atoms with E-state index in [0.717, 1.165) is 5.56 Å². The normalized spacial score (nSPS) is 11.3. The first-order valence-electron chi connectivity index (χ1n) is 6.43. The van der Waals surface area contributed by atoms with Gasteiger partial charge in [-0.2, -0.15) is 5.26 Å². The van der Waals surface area contributed by atoms with E-state index >= 15 is 0 Å². The zero-order chi connectivity index (χ0) is 14.9. The molecule has 2 aromatic rings. The molecule has 0 aliphatic heterocycles. The van der Waals surface area contributed by atoms with E-state index in [4.69, 9.17) is 9.68 Å². The Morgan fingerprint density at radius 2 is 2.05 bits per heavy atom. The molecule has 0 saturated heterocycles. The zero-order valence-electron chi connectivity index (χ0n) is 11.3. The first-order chi connectivity index (χ1) is 10.3. The number of nitrogens with zero attached hydrogens (tertiary/aromatic N) is 1. The number of hydrogen-bond donors (Lipinski definition) is 1. The third-order valence-corrected chi connectivity index (χ3v) is 2.73. The molecule has 4 heteroatoms. The molecule has 0 spiro atoms. The second kappa shape index (κ2) is 7.51. The van der Waals surface area contributed by atoms with Crippen molar-refractivity contribution in [2.45, 2.75) is 6.54 Å². The third kappa shape index (κ3) is 4.51. The molecular formula is C17H14N2O2. The van der Waals surface area contributed by atoms with E-state index in [2.05, 4.69) is 5.32 Å². The average molecular weight is 278 g/mol. The van der Waals surface area contributed by atoms with Gasteiger partial charge in [-0.25, -0.2) is 0 Å². The molecule has 1 amide bonds. The van der Waals surface area contributed by atoms with Gasteiger partial charge in [0.2, 0.25) is 0 Å². The molecule has 2 rings (SSSR count). The lowest BCUT2D eigenvalue weighted by atomic mass is 10.2. The highest BCUT2D eigenvalue weighted by Gasteiger charge is 2.06. The molecule has 0 aliphatic carbocycles. The quantitative estimate of drug-likeness (QED) is 0.519. The van der Waals surface area contributed by atoms with Crippen molar-refractivity contribution in [2.24, 2.45) is 0 Å². The first-order valence-corrected chi connectivity index (χ1v) is 6.43. The maximum Gasteiger partial charge on any atom is 0.262 e. The number of nitriles is 1. The number of nitrogens with one attached hydrogen (secondary N) is 1. The molecule has 0 saturated carbocycles. The Kier molecular flexibility index (Phi) is 5.13. The SMILES string of the molecule is N#C/C(=C\C=C\c1ccco1)C(=O)NCc1ccccc1. The minimum absolute atomic E-state index is 0.0498. The van der Waals surface area contributed by atoms with E-state index in [-0.39, 0.29) is 5.57 Å². The fourth-order valence-corrected chi connectivity index (χ4v) is 1.66. The third-order valence-electron chi connectivity index (χ3n) is 2.73. The number of rotatable bonds is 5. The summed E-state index contributed by atoms with van der Waals surface area (Å²) in [5.41, 5.74) is 1.03. The Bertz CT molecular complexity index is 677. The van der Waals surface area contributed by atoms with Gasteiger partial charge in [0, 0.05) is 6.54 Å². The summed E-state index contributed by atoms with van der Waals surface area (Å²) in [5.74, 6) is 0.263. The Hall–Kier alpha value is -3.06. The van der Waals surface area contributed by atoms with Gasteiger partial charge in [-0.1, -0.05) is 36.4 Å². The predicted octanol–water partition coefficient (Wildman–Crippen LogP) is 3.06.